The van der Waals surface area contributed by atoms with Crippen molar-refractivity contribution in [2.24, 2.45) is 0 Å². The van der Waals surface area contributed by atoms with Gasteiger partial charge < -0.3 is 0 Å². The number of alkyl halides is 6. The Labute approximate surface area is 76.0 Å². The molecule has 1 aliphatic heterocycles. The predicted octanol–water partition coefficient (Wildman–Crippen LogP) is 3.05. The SMILES string of the molecule is CC1(F)CC(C)(F)C(F)(F)C(F)(F)O1. The summed E-state index contributed by atoms with van der Waals surface area (Å²) in [5.74, 6) is -8.14. The molecule has 0 aliphatic carbocycles. The Hall–Kier alpha value is -0.460. The zero-order valence-corrected chi connectivity index (χ0v) is 7.38. The highest BCUT2D eigenvalue weighted by molar-refractivity contribution is 5.02. The molecule has 1 saturated heterocycles. The fourth-order valence-corrected chi connectivity index (χ4v) is 1.37. The molecule has 14 heavy (non-hydrogen) atoms. The monoisotopic (exact) mass is 222 g/mol. The van der Waals surface area contributed by atoms with Gasteiger partial charge in [-0.25, -0.2) is 8.78 Å². The van der Waals surface area contributed by atoms with Crippen molar-refractivity contribution < 1.29 is 31.1 Å². The van der Waals surface area contributed by atoms with Crippen molar-refractivity contribution in [1.82, 2.24) is 0 Å². The van der Waals surface area contributed by atoms with Gasteiger partial charge in [-0.2, -0.15) is 17.6 Å². The lowest BCUT2D eigenvalue weighted by atomic mass is 9.89. The second-order valence-corrected chi connectivity index (χ2v) is 3.67. The van der Waals surface area contributed by atoms with Crippen molar-refractivity contribution in [3.05, 3.63) is 0 Å². The maximum absolute atomic E-state index is 13.1. The van der Waals surface area contributed by atoms with E-state index in [0.717, 1.165) is 0 Å². The van der Waals surface area contributed by atoms with Crippen molar-refractivity contribution in [3.8, 4) is 0 Å². The summed E-state index contributed by atoms with van der Waals surface area (Å²) in [6, 6.07) is 0. The van der Waals surface area contributed by atoms with Crippen molar-refractivity contribution >= 4 is 0 Å². The van der Waals surface area contributed by atoms with E-state index < -0.39 is 30.0 Å². The first kappa shape index (κ1) is 11.6. The average Bonchev–Trinajstić information content (AvgIpc) is 1.77. The first-order chi connectivity index (χ1) is 5.91. The van der Waals surface area contributed by atoms with Gasteiger partial charge in [-0.05, 0) is 13.8 Å². The van der Waals surface area contributed by atoms with Crippen molar-refractivity contribution in [2.45, 2.75) is 43.8 Å². The molecule has 84 valence electrons. The van der Waals surface area contributed by atoms with Gasteiger partial charge in [0.15, 0.2) is 5.67 Å². The summed E-state index contributed by atoms with van der Waals surface area (Å²) in [6.45, 7) is 0.704. The van der Waals surface area contributed by atoms with Crippen LogP contribution in [0.25, 0.3) is 0 Å². The van der Waals surface area contributed by atoms with Gasteiger partial charge in [0, 0.05) is 6.42 Å². The molecule has 2 unspecified atom stereocenters. The van der Waals surface area contributed by atoms with E-state index >= 15 is 0 Å². The summed E-state index contributed by atoms with van der Waals surface area (Å²) in [7, 11) is 0. The van der Waals surface area contributed by atoms with Crippen LogP contribution in [0.15, 0.2) is 0 Å². The van der Waals surface area contributed by atoms with E-state index in [1.165, 1.54) is 0 Å². The van der Waals surface area contributed by atoms with Crippen molar-refractivity contribution in [3.63, 3.8) is 0 Å². The van der Waals surface area contributed by atoms with E-state index in [4.69, 9.17) is 0 Å². The van der Waals surface area contributed by atoms with Crippen LogP contribution in [0.4, 0.5) is 26.3 Å². The van der Waals surface area contributed by atoms with Crippen LogP contribution >= 0.6 is 0 Å². The molecule has 0 N–H and O–H groups in total. The molecule has 0 aromatic heterocycles. The molecule has 2 atom stereocenters. The molecule has 1 fully saturated rings. The minimum Gasteiger partial charge on any atom is -0.278 e. The topological polar surface area (TPSA) is 9.23 Å². The van der Waals surface area contributed by atoms with Crippen LogP contribution in [0, 0.1) is 0 Å². The Balaban J connectivity index is 3.13. The highest BCUT2D eigenvalue weighted by Crippen LogP contribution is 2.54. The molecule has 1 aliphatic rings. The summed E-state index contributed by atoms with van der Waals surface area (Å²) in [4.78, 5) is 0. The standard InChI is InChI=1S/C7H8F6O/c1-4(8)3-5(2,9)14-7(12,13)6(4,10)11/h3H2,1-2H3. The van der Waals surface area contributed by atoms with Crippen LogP contribution in [0.2, 0.25) is 0 Å². The Bertz CT molecular complexity index is 225. The van der Waals surface area contributed by atoms with E-state index in [9.17, 15) is 26.3 Å². The summed E-state index contributed by atoms with van der Waals surface area (Å²) in [5.41, 5.74) is -3.64. The number of hydrogen-bond acceptors (Lipinski definition) is 1. The minimum absolute atomic E-state index is 0.223. The third kappa shape index (κ3) is 1.47. The summed E-state index contributed by atoms with van der Waals surface area (Å²) in [5, 5.41) is 0. The maximum atomic E-state index is 13.1. The first-order valence-corrected chi connectivity index (χ1v) is 3.75. The van der Waals surface area contributed by atoms with Gasteiger partial charge in [0.25, 0.3) is 0 Å². The fourth-order valence-electron chi connectivity index (χ4n) is 1.37. The van der Waals surface area contributed by atoms with Gasteiger partial charge in [-0.1, -0.05) is 0 Å². The Morgan fingerprint density at radius 3 is 1.71 bits per heavy atom. The number of rotatable bonds is 0. The molecule has 0 spiro atoms. The van der Waals surface area contributed by atoms with E-state index in [-0.39, 0.29) is 6.92 Å². The Kier molecular flexibility index (Phi) is 2.12. The number of ether oxygens (including phenoxy) is 1. The number of halogens is 6. The molecular formula is C7H8F6O. The highest BCUT2D eigenvalue weighted by atomic mass is 19.3. The summed E-state index contributed by atoms with van der Waals surface area (Å²) < 4.78 is 79.7. The largest absolute Gasteiger partial charge is 0.425 e. The van der Waals surface area contributed by atoms with Crippen LogP contribution in [-0.4, -0.2) is 23.6 Å². The summed E-state index contributed by atoms with van der Waals surface area (Å²) in [6.07, 6.45) is -6.58. The Morgan fingerprint density at radius 1 is 0.929 bits per heavy atom. The van der Waals surface area contributed by atoms with Crippen LogP contribution in [0.3, 0.4) is 0 Å². The molecule has 0 saturated carbocycles. The van der Waals surface area contributed by atoms with Gasteiger partial charge in [0.05, 0.1) is 0 Å². The third-order valence-electron chi connectivity index (χ3n) is 2.01. The van der Waals surface area contributed by atoms with Crippen LogP contribution in [0.5, 0.6) is 0 Å². The molecule has 1 nitrogen and oxygen atoms in total. The quantitative estimate of drug-likeness (QED) is 0.572. The molecule has 1 heterocycles. The normalized spacial score (nSPS) is 46.3. The second-order valence-electron chi connectivity index (χ2n) is 3.67. The molecule has 0 aromatic carbocycles. The smallest absolute Gasteiger partial charge is 0.278 e. The lowest BCUT2D eigenvalue weighted by molar-refractivity contribution is -0.455. The molecule has 1 rings (SSSR count). The lowest BCUT2D eigenvalue weighted by Gasteiger charge is -2.44. The van der Waals surface area contributed by atoms with Crippen molar-refractivity contribution in [1.29, 1.82) is 0 Å². The average molecular weight is 222 g/mol. The second kappa shape index (κ2) is 2.56. The van der Waals surface area contributed by atoms with Gasteiger partial charge in [0.1, 0.15) is 0 Å². The molecule has 0 amide bonds. The van der Waals surface area contributed by atoms with Crippen LogP contribution in [0.1, 0.15) is 20.3 Å². The minimum atomic E-state index is -5.14. The first-order valence-electron chi connectivity index (χ1n) is 3.75. The van der Waals surface area contributed by atoms with E-state index in [2.05, 4.69) is 4.74 Å². The van der Waals surface area contributed by atoms with Crippen LogP contribution < -0.4 is 0 Å². The highest BCUT2D eigenvalue weighted by Gasteiger charge is 2.75. The van der Waals surface area contributed by atoms with Gasteiger partial charge in [0.2, 0.25) is 5.85 Å². The maximum Gasteiger partial charge on any atom is 0.425 e. The van der Waals surface area contributed by atoms with E-state index in [1.807, 2.05) is 0 Å². The Morgan fingerprint density at radius 2 is 1.36 bits per heavy atom. The summed E-state index contributed by atoms with van der Waals surface area (Å²) >= 11 is 0. The molecular weight excluding hydrogens is 214 g/mol. The van der Waals surface area contributed by atoms with Gasteiger partial charge >= 0.3 is 12.0 Å². The van der Waals surface area contributed by atoms with E-state index in [1.54, 1.807) is 0 Å². The lowest BCUT2D eigenvalue weighted by Crippen LogP contribution is -2.64. The van der Waals surface area contributed by atoms with Crippen molar-refractivity contribution in [2.75, 3.05) is 0 Å². The molecule has 0 aromatic rings. The zero-order chi connectivity index (χ0) is 11.4. The molecule has 7 heteroatoms. The van der Waals surface area contributed by atoms with Gasteiger partial charge in [-0.15, -0.1) is 0 Å². The number of hydrogen-bond donors (Lipinski definition) is 0. The third-order valence-corrected chi connectivity index (χ3v) is 2.01. The predicted molar refractivity (Wildman–Crippen MR) is 34.6 cm³/mol. The molecule has 0 bridgehead atoms. The zero-order valence-electron chi connectivity index (χ0n) is 7.38. The van der Waals surface area contributed by atoms with E-state index in [0.29, 0.717) is 6.92 Å². The molecule has 0 radical (unpaired) electrons. The fraction of sp³-hybridized carbons (Fsp3) is 1.00. The van der Waals surface area contributed by atoms with Gasteiger partial charge in [-0.3, -0.25) is 4.74 Å². The van der Waals surface area contributed by atoms with Crippen LogP contribution in [-0.2, 0) is 4.74 Å².